The molecule has 1 aliphatic rings. The first-order chi connectivity index (χ1) is 13.8. The van der Waals surface area contributed by atoms with Crippen LogP contribution in [0.2, 0.25) is 0 Å². The Morgan fingerprint density at radius 3 is 2.66 bits per heavy atom. The van der Waals surface area contributed by atoms with Crippen molar-refractivity contribution in [1.29, 1.82) is 0 Å². The Labute approximate surface area is 190 Å². The van der Waals surface area contributed by atoms with E-state index in [4.69, 9.17) is 14.1 Å². The van der Waals surface area contributed by atoms with E-state index >= 15 is 0 Å². The minimum Gasteiger partial charge on any atom is -0.469 e. The third-order valence-corrected chi connectivity index (χ3v) is 4.85. The van der Waals surface area contributed by atoms with Gasteiger partial charge in [-0.2, -0.15) is 5.10 Å². The first kappa shape index (κ1) is 23.7. The molecule has 0 atom stereocenters. The fraction of sp³-hybridized carbons (Fsp3) is 0.600. The normalized spacial score (nSPS) is 15.1. The molecule has 2 aromatic rings. The van der Waals surface area contributed by atoms with Gasteiger partial charge in [-0.05, 0) is 24.6 Å². The van der Waals surface area contributed by atoms with Gasteiger partial charge in [-0.15, -0.1) is 24.0 Å². The number of halogens is 1. The van der Waals surface area contributed by atoms with Gasteiger partial charge in [-0.1, -0.05) is 0 Å². The number of guanidine groups is 1. The Morgan fingerprint density at radius 1 is 1.17 bits per heavy atom. The number of nitrogens with zero attached hydrogens (tertiary/aromatic N) is 4. The van der Waals surface area contributed by atoms with Crippen molar-refractivity contribution in [2.24, 2.45) is 12.0 Å². The first-order valence-corrected chi connectivity index (χ1v) is 10.1. The number of hydrogen-bond donors (Lipinski definition) is 2. The lowest BCUT2D eigenvalue weighted by Gasteiger charge is -2.26. The molecule has 2 N–H and O–H groups in total. The van der Waals surface area contributed by atoms with Crippen molar-refractivity contribution in [3.05, 3.63) is 42.1 Å². The summed E-state index contributed by atoms with van der Waals surface area (Å²) in [5, 5.41) is 11.1. The van der Waals surface area contributed by atoms with Gasteiger partial charge >= 0.3 is 0 Å². The molecule has 29 heavy (non-hydrogen) atoms. The van der Waals surface area contributed by atoms with Crippen LogP contribution in [0.25, 0.3) is 0 Å². The van der Waals surface area contributed by atoms with Crippen molar-refractivity contribution in [2.45, 2.75) is 19.3 Å². The maximum Gasteiger partial charge on any atom is 0.191 e. The van der Waals surface area contributed by atoms with Gasteiger partial charge in [0, 0.05) is 71.0 Å². The van der Waals surface area contributed by atoms with Gasteiger partial charge in [0.25, 0.3) is 0 Å². The van der Waals surface area contributed by atoms with Crippen LogP contribution in [0.3, 0.4) is 0 Å². The van der Waals surface area contributed by atoms with Gasteiger partial charge < -0.3 is 19.8 Å². The van der Waals surface area contributed by atoms with Gasteiger partial charge in [-0.3, -0.25) is 14.6 Å². The molecule has 0 bridgehead atoms. The van der Waals surface area contributed by atoms with E-state index in [2.05, 4.69) is 20.6 Å². The fourth-order valence-corrected chi connectivity index (χ4v) is 3.20. The maximum atomic E-state index is 5.40. The van der Waals surface area contributed by atoms with Crippen molar-refractivity contribution in [3.63, 3.8) is 0 Å². The number of ether oxygens (including phenoxy) is 1. The number of morpholine rings is 1. The smallest absolute Gasteiger partial charge is 0.191 e. The largest absolute Gasteiger partial charge is 0.469 e. The van der Waals surface area contributed by atoms with Crippen LogP contribution in [0.4, 0.5) is 0 Å². The Hall–Kier alpha value is -1.59. The van der Waals surface area contributed by atoms with E-state index in [1.165, 1.54) is 5.69 Å². The molecule has 0 saturated carbocycles. The van der Waals surface area contributed by atoms with Crippen molar-refractivity contribution in [1.82, 2.24) is 25.3 Å². The molecule has 0 amide bonds. The summed E-state index contributed by atoms with van der Waals surface area (Å²) in [5.41, 5.74) is 1.20. The molecule has 1 fully saturated rings. The van der Waals surface area contributed by atoms with Crippen molar-refractivity contribution in [2.75, 3.05) is 52.5 Å². The number of hydrogen-bond acceptors (Lipinski definition) is 5. The van der Waals surface area contributed by atoms with Crippen LogP contribution in [0, 0.1) is 0 Å². The van der Waals surface area contributed by atoms with Crippen LogP contribution in [0.15, 0.2) is 40.1 Å². The van der Waals surface area contributed by atoms with E-state index < -0.39 is 0 Å². The summed E-state index contributed by atoms with van der Waals surface area (Å²) in [6.07, 6.45) is 6.33. The molecular formula is C20H33IN6O2. The summed E-state index contributed by atoms with van der Waals surface area (Å²) in [4.78, 5) is 7.20. The SMILES string of the molecule is Cn1nccc1CCNC(=NCCCN1CCOCC1)NCCc1ccco1.I. The predicted molar refractivity (Wildman–Crippen MR) is 125 cm³/mol. The van der Waals surface area contributed by atoms with E-state index in [9.17, 15) is 0 Å². The Balaban J connectivity index is 0.00000300. The number of furan rings is 1. The molecule has 162 valence electrons. The van der Waals surface area contributed by atoms with Crippen LogP contribution in [-0.2, 0) is 24.6 Å². The lowest BCUT2D eigenvalue weighted by atomic mass is 10.3. The minimum absolute atomic E-state index is 0. The molecule has 0 radical (unpaired) electrons. The molecule has 2 aromatic heterocycles. The summed E-state index contributed by atoms with van der Waals surface area (Å²) in [6, 6.07) is 5.96. The molecule has 1 aliphatic heterocycles. The van der Waals surface area contributed by atoms with Crippen LogP contribution in [0.1, 0.15) is 17.9 Å². The maximum absolute atomic E-state index is 5.40. The highest BCUT2D eigenvalue weighted by Gasteiger charge is 2.09. The van der Waals surface area contributed by atoms with Gasteiger partial charge in [0.2, 0.25) is 0 Å². The minimum atomic E-state index is 0. The molecule has 1 saturated heterocycles. The third-order valence-electron chi connectivity index (χ3n) is 4.85. The summed E-state index contributed by atoms with van der Waals surface area (Å²) in [7, 11) is 1.97. The predicted octanol–water partition coefficient (Wildman–Crippen LogP) is 1.67. The topological polar surface area (TPSA) is 79.9 Å². The summed E-state index contributed by atoms with van der Waals surface area (Å²) in [6.45, 7) is 7.23. The highest BCUT2D eigenvalue weighted by Crippen LogP contribution is 2.00. The average Bonchev–Trinajstić information content (AvgIpc) is 3.37. The third kappa shape index (κ3) is 8.75. The summed E-state index contributed by atoms with van der Waals surface area (Å²) in [5.74, 6) is 1.84. The zero-order chi connectivity index (χ0) is 19.4. The molecule has 0 aromatic carbocycles. The van der Waals surface area contributed by atoms with Crippen molar-refractivity contribution >= 4 is 29.9 Å². The highest BCUT2D eigenvalue weighted by molar-refractivity contribution is 14.0. The molecule has 9 heteroatoms. The molecule has 0 spiro atoms. The van der Waals surface area contributed by atoms with Crippen LogP contribution < -0.4 is 10.6 Å². The zero-order valence-electron chi connectivity index (χ0n) is 17.2. The van der Waals surface area contributed by atoms with Crippen molar-refractivity contribution < 1.29 is 9.15 Å². The van der Waals surface area contributed by atoms with Crippen LogP contribution >= 0.6 is 24.0 Å². The lowest BCUT2D eigenvalue weighted by molar-refractivity contribution is 0.0377. The van der Waals surface area contributed by atoms with Crippen LogP contribution in [-0.4, -0.2) is 73.1 Å². The molecule has 3 rings (SSSR count). The van der Waals surface area contributed by atoms with E-state index in [0.717, 1.165) is 83.5 Å². The van der Waals surface area contributed by atoms with Crippen LogP contribution in [0.5, 0.6) is 0 Å². The van der Waals surface area contributed by atoms with Gasteiger partial charge in [-0.25, -0.2) is 0 Å². The number of aliphatic imine (C=N–C) groups is 1. The fourth-order valence-electron chi connectivity index (χ4n) is 3.20. The van der Waals surface area contributed by atoms with E-state index in [1.807, 2.05) is 36.1 Å². The quantitative estimate of drug-likeness (QED) is 0.217. The monoisotopic (exact) mass is 516 g/mol. The van der Waals surface area contributed by atoms with E-state index in [0.29, 0.717) is 0 Å². The van der Waals surface area contributed by atoms with Gasteiger partial charge in [0.15, 0.2) is 5.96 Å². The zero-order valence-corrected chi connectivity index (χ0v) is 19.5. The second kappa shape index (κ2) is 13.6. The molecule has 8 nitrogen and oxygen atoms in total. The lowest BCUT2D eigenvalue weighted by Crippen LogP contribution is -2.40. The Kier molecular flexibility index (Phi) is 11.1. The van der Waals surface area contributed by atoms with E-state index in [1.54, 1.807) is 6.26 Å². The summed E-state index contributed by atoms with van der Waals surface area (Å²) >= 11 is 0. The van der Waals surface area contributed by atoms with Gasteiger partial charge in [0.05, 0.1) is 19.5 Å². The Morgan fingerprint density at radius 2 is 1.97 bits per heavy atom. The number of aromatic nitrogens is 2. The Bertz CT molecular complexity index is 698. The van der Waals surface area contributed by atoms with E-state index in [-0.39, 0.29) is 24.0 Å². The number of aryl methyl sites for hydroxylation is 1. The molecule has 0 aliphatic carbocycles. The number of rotatable bonds is 10. The summed E-state index contributed by atoms with van der Waals surface area (Å²) < 4.78 is 12.7. The van der Waals surface area contributed by atoms with Gasteiger partial charge in [0.1, 0.15) is 5.76 Å². The molecule has 0 unspecified atom stereocenters. The molecular weight excluding hydrogens is 483 g/mol. The second-order valence-electron chi connectivity index (χ2n) is 6.92. The highest BCUT2D eigenvalue weighted by atomic mass is 127. The molecule has 3 heterocycles. The number of nitrogens with one attached hydrogen (secondary N) is 2. The average molecular weight is 516 g/mol. The first-order valence-electron chi connectivity index (χ1n) is 10.1. The standard InChI is InChI=1S/C20H32N6O2.HI/c1-25-18(6-11-24-25)5-9-22-20(23-10-7-19-4-2-15-28-19)21-8-3-12-26-13-16-27-17-14-26;/h2,4,6,11,15H,3,5,7-10,12-14,16-17H2,1H3,(H2,21,22,23);1H. The van der Waals surface area contributed by atoms with Crippen molar-refractivity contribution in [3.8, 4) is 0 Å². The second-order valence-corrected chi connectivity index (χ2v) is 6.92.